The molecule has 94 valence electrons. The van der Waals surface area contributed by atoms with Crippen molar-refractivity contribution in [2.75, 3.05) is 7.05 Å². The molecule has 5 nitrogen and oxygen atoms in total. The van der Waals surface area contributed by atoms with Crippen LogP contribution in [0.25, 0.3) is 0 Å². The number of para-hydroxylation sites is 1. The number of nitro groups is 1. The van der Waals surface area contributed by atoms with Crippen molar-refractivity contribution in [1.82, 2.24) is 10.3 Å². The minimum Gasteiger partial charge on any atom is -0.312 e. The largest absolute Gasteiger partial charge is 0.312 e. The number of nitrogens with zero attached hydrogens (tertiary/aromatic N) is 2. The zero-order valence-electron chi connectivity index (χ0n) is 9.87. The summed E-state index contributed by atoms with van der Waals surface area (Å²) < 4.78 is 0. The van der Waals surface area contributed by atoms with E-state index in [0.29, 0.717) is 6.42 Å². The standard InChI is InChI=1S/C12H13N3O2S/c1-13-10(12-7-14-8-18-12)6-9-4-2-3-5-11(9)15(16)17/h2-5,7-8,10,13H,6H2,1H3. The van der Waals surface area contributed by atoms with Gasteiger partial charge in [0.15, 0.2) is 0 Å². The summed E-state index contributed by atoms with van der Waals surface area (Å²) in [6.07, 6.45) is 2.37. The fraction of sp³-hybridized carbons (Fsp3) is 0.250. The first kappa shape index (κ1) is 12.7. The summed E-state index contributed by atoms with van der Waals surface area (Å²) >= 11 is 1.55. The van der Waals surface area contributed by atoms with Gasteiger partial charge in [0.1, 0.15) is 0 Å². The van der Waals surface area contributed by atoms with Gasteiger partial charge in [-0.1, -0.05) is 18.2 Å². The molecular weight excluding hydrogens is 250 g/mol. The molecule has 0 radical (unpaired) electrons. The molecule has 18 heavy (non-hydrogen) atoms. The highest BCUT2D eigenvalue weighted by molar-refractivity contribution is 7.09. The molecule has 0 amide bonds. The third-order valence-corrected chi connectivity index (χ3v) is 3.64. The van der Waals surface area contributed by atoms with Crippen molar-refractivity contribution in [3.63, 3.8) is 0 Å². The van der Waals surface area contributed by atoms with Crippen molar-refractivity contribution < 1.29 is 4.92 Å². The first-order valence-corrected chi connectivity index (χ1v) is 6.38. The van der Waals surface area contributed by atoms with E-state index in [9.17, 15) is 10.1 Å². The number of nitro benzene ring substituents is 1. The molecule has 0 aliphatic rings. The Morgan fingerprint density at radius 1 is 1.50 bits per heavy atom. The van der Waals surface area contributed by atoms with E-state index < -0.39 is 0 Å². The number of rotatable bonds is 5. The van der Waals surface area contributed by atoms with Crippen molar-refractivity contribution in [1.29, 1.82) is 0 Å². The van der Waals surface area contributed by atoms with Gasteiger partial charge >= 0.3 is 0 Å². The van der Waals surface area contributed by atoms with E-state index in [1.54, 1.807) is 35.2 Å². The molecule has 0 saturated carbocycles. The third kappa shape index (κ3) is 2.72. The molecule has 0 aliphatic heterocycles. The van der Waals surface area contributed by atoms with Gasteiger partial charge in [-0.2, -0.15) is 0 Å². The smallest absolute Gasteiger partial charge is 0.272 e. The maximum atomic E-state index is 11.0. The fourth-order valence-electron chi connectivity index (χ4n) is 1.82. The van der Waals surface area contributed by atoms with Gasteiger partial charge in [0.2, 0.25) is 0 Å². The molecule has 2 aromatic rings. The predicted octanol–water partition coefficient (Wildman–Crippen LogP) is 2.55. The highest BCUT2D eigenvalue weighted by atomic mass is 32.1. The van der Waals surface area contributed by atoms with E-state index in [4.69, 9.17) is 0 Å². The van der Waals surface area contributed by atoms with Crippen LogP contribution in [0.1, 0.15) is 16.5 Å². The summed E-state index contributed by atoms with van der Waals surface area (Å²) in [5.41, 5.74) is 2.66. The third-order valence-electron chi connectivity index (χ3n) is 2.76. The van der Waals surface area contributed by atoms with Crippen LogP contribution in [-0.2, 0) is 6.42 Å². The molecule has 0 aliphatic carbocycles. The summed E-state index contributed by atoms with van der Waals surface area (Å²) in [6.45, 7) is 0. The Labute approximate surface area is 109 Å². The molecule has 1 aromatic heterocycles. The Morgan fingerprint density at radius 3 is 2.89 bits per heavy atom. The van der Waals surface area contributed by atoms with E-state index in [2.05, 4.69) is 10.3 Å². The summed E-state index contributed by atoms with van der Waals surface area (Å²) in [4.78, 5) is 15.7. The first-order chi connectivity index (χ1) is 8.72. The highest BCUT2D eigenvalue weighted by Gasteiger charge is 2.18. The number of nitrogens with one attached hydrogen (secondary N) is 1. The molecule has 6 heteroatoms. The van der Waals surface area contributed by atoms with E-state index >= 15 is 0 Å². The van der Waals surface area contributed by atoms with Gasteiger partial charge in [0.05, 0.1) is 10.4 Å². The first-order valence-electron chi connectivity index (χ1n) is 5.50. The molecule has 1 N–H and O–H groups in total. The summed E-state index contributed by atoms with van der Waals surface area (Å²) in [7, 11) is 1.85. The van der Waals surface area contributed by atoms with E-state index in [-0.39, 0.29) is 16.7 Å². The molecule has 0 bridgehead atoms. The lowest BCUT2D eigenvalue weighted by Gasteiger charge is -2.13. The fourth-order valence-corrected chi connectivity index (χ4v) is 2.55. The number of thiazole rings is 1. The van der Waals surface area contributed by atoms with Gasteiger partial charge in [-0.05, 0) is 13.5 Å². The molecule has 0 saturated heterocycles. The molecule has 1 heterocycles. The molecule has 1 atom stereocenters. The Hall–Kier alpha value is -1.79. The van der Waals surface area contributed by atoms with Crippen molar-refractivity contribution >= 4 is 17.0 Å². The van der Waals surface area contributed by atoms with Crippen LogP contribution in [0.5, 0.6) is 0 Å². The van der Waals surface area contributed by atoms with Crippen LogP contribution in [0, 0.1) is 10.1 Å². The average Bonchev–Trinajstić information content (AvgIpc) is 2.90. The number of benzene rings is 1. The second kappa shape index (κ2) is 5.70. The second-order valence-electron chi connectivity index (χ2n) is 3.84. The minimum atomic E-state index is -0.339. The molecular formula is C12H13N3O2S. The zero-order chi connectivity index (χ0) is 13.0. The second-order valence-corrected chi connectivity index (χ2v) is 4.75. The van der Waals surface area contributed by atoms with Crippen LogP contribution < -0.4 is 5.32 Å². The Morgan fingerprint density at radius 2 is 2.28 bits per heavy atom. The summed E-state index contributed by atoms with van der Waals surface area (Å²) in [5, 5.41) is 14.1. The van der Waals surface area contributed by atoms with Gasteiger partial charge in [-0.15, -0.1) is 11.3 Å². The quantitative estimate of drug-likeness (QED) is 0.665. The molecule has 1 aromatic carbocycles. The molecule has 0 fully saturated rings. The summed E-state index contributed by atoms with van der Waals surface area (Å²) in [6, 6.07) is 6.89. The Bertz CT molecular complexity index is 528. The van der Waals surface area contributed by atoms with Crippen molar-refractivity contribution in [2.24, 2.45) is 0 Å². The monoisotopic (exact) mass is 263 g/mol. The van der Waals surface area contributed by atoms with E-state index in [1.807, 2.05) is 13.1 Å². The number of hydrogen-bond acceptors (Lipinski definition) is 5. The number of hydrogen-bond donors (Lipinski definition) is 1. The van der Waals surface area contributed by atoms with Crippen LogP contribution in [0.2, 0.25) is 0 Å². The lowest BCUT2D eigenvalue weighted by Crippen LogP contribution is -2.18. The van der Waals surface area contributed by atoms with Crippen LogP contribution in [0.15, 0.2) is 36.0 Å². The van der Waals surface area contributed by atoms with Crippen LogP contribution in [0.4, 0.5) is 5.69 Å². The predicted molar refractivity (Wildman–Crippen MR) is 70.7 cm³/mol. The Kier molecular flexibility index (Phi) is 4.01. The lowest BCUT2D eigenvalue weighted by molar-refractivity contribution is -0.385. The normalized spacial score (nSPS) is 12.3. The van der Waals surface area contributed by atoms with Crippen LogP contribution in [0.3, 0.4) is 0 Å². The van der Waals surface area contributed by atoms with Crippen molar-refractivity contribution in [2.45, 2.75) is 12.5 Å². The summed E-state index contributed by atoms with van der Waals surface area (Å²) in [5.74, 6) is 0. The minimum absolute atomic E-state index is 0.0543. The molecule has 1 unspecified atom stereocenters. The van der Waals surface area contributed by atoms with Crippen LogP contribution in [-0.4, -0.2) is 17.0 Å². The number of aromatic nitrogens is 1. The number of likely N-dealkylation sites (N-methyl/N-ethyl adjacent to an activating group) is 1. The lowest BCUT2D eigenvalue weighted by atomic mass is 10.0. The van der Waals surface area contributed by atoms with Gasteiger partial charge in [0.25, 0.3) is 5.69 Å². The van der Waals surface area contributed by atoms with E-state index in [0.717, 1.165) is 10.4 Å². The Balaban J connectivity index is 2.25. The topological polar surface area (TPSA) is 68.1 Å². The van der Waals surface area contributed by atoms with Crippen molar-refractivity contribution in [3.05, 3.63) is 56.5 Å². The van der Waals surface area contributed by atoms with Gasteiger partial charge in [-0.25, -0.2) is 0 Å². The zero-order valence-corrected chi connectivity index (χ0v) is 10.7. The van der Waals surface area contributed by atoms with Gasteiger partial charge in [-0.3, -0.25) is 15.1 Å². The van der Waals surface area contributed by atoms with Crippen LogP contribution >= 0.6 is 11.3 Å². The van der Waals surface area contributed by atoms with E-state index in [1.165, 1.54) is 6.07 Å². The van der Waals surface area contributed by atoms with Gasteiger partial charge in [0, 0.05) is 28.7 Å². The van der Waals surface area contributed by atoms with Crippen molar-refractivity contribution in [3.8, 4) is 0 Å². The van der Waals surface area contributed by atoms with Gasteiger partial charge < -0.3 is 5.32 Å². The highest BCUT2D eigenvalue weighted by Crippen LogP contribution is 2.26. The maximum absolute atomic E-state index is 11.0. The molecule has 2 rings (SSSR count). The SMILES string of the molecule is CNC(Cc1ccccc1[N+](=O)[O-])c1cncs1. The maximum Gasteiger partial charge on any atom is 0.272 e. The molecule has 0 spiro atoms. The average molecular weight is 263 g/mol.